The Balaban J connectivity index is 1.99. The Morgan fingerprint density at radius 1 is 1.15 bits per heavy atom. The van der Waals surface area contributed by atoms with E-state index < -0.39 is 5.97 Å². The lowest BCUT2D eigenvalue weighted by molar-refractivity contribution is 0.0600. The Morgan fingerprint density at radius 3 is 2.62 bits per heavy atom. The number of nitrogen functional groups attached to an aromatic ring is 1. The lowest BCUT2D eigenvalue weighted by Gasteiger charge is -2.03. The number of nitrogens with zero attached hydrogens (tertiary/aromatic N) is 3. The molecule has 0 aliphatic heterocycles. The second-order valence-electron chi connectivity index (χ2n) is 5.83. The number of rotatable bonds is 2. The van der Waals surface area contributed by atoms with Crippen LogP contribution in [0.2, 0.25) is 0 Å². The van der Waals surface area contributed by atoms with Gasteiger partial charge in [-0.2, -0.15) is 5.10 Å². The highest BCUT2D eigenvalue weighted by atomic mass is 16.5. The minimum Gasteiger partial charge on any atom is -0.465 e. The Morgan fingerprint density at radius 2 is 1.92 bits per heavy atom. The van der Waals surface area contributed by atoms with Crippen LogP contribution in [0.5, 0.6) is 0 Å². The first-order valence-electron chi connectivity index (χ1n) is 7.93. The molecule has 0 aliphatic carbocycles. The number of carbonyl (C=O) groups excluding carboxylic acids is 1. The third kappa shape index (κ3) is 3.57. The molecule has 0 aliphatic rings. The molecule has 0 spiro atoms. The van der Waals surface area contributed by atoms with Crippen molar-refractivity contribution in [1.29, 1.82) is 0 Å². The van der Waals surface area contributed by atoms with Gasteiger partial charge in [0.15, 0.2) is 0 Å². The lowest BCUT2D eigenvalue weighted by atomic mass is 10.0. The Labute approximate surface area is 151 Å². The average molecular weight is 346 g/mol. The van der Waals surface area contributed by atoms with Crippen LogP contribution in [0.3, 0.4) is 0 Å². The van der Waals surface area contributed by atoms with Crippen molar-refractivity contribution in [3.63, 3.8) is 0 Å². The van der Waals surface area contributed by atoms with Gasteiger partial charge < -0.3 is 10.5 Å². The van der Waals surface area contributed by atoms with E-state index in [0.29, 0.717) is 16.9 Å². The van der Waals surface area contributed by atoms with Crippen molar-refractivity contribution >= 4 is 11.8 Å². The molecule has 1 aromatic carbocycles. The van der Waals surface area contributed by atoms with Crippen LogP contribution in [0.25, 0.3) is 11.1 Å². The molecule has 0 radical (unpaired) electrons. The van der Waals surface area contributed by atoms with Crippen molar-refractivity contribution < 1.29 is 9.53 Å². The molecule has 0 saturated heterocycles. The Hall–Kier alpha value is -3.59. The first-order valence-corrected chi connectivity index (χ1v) is 7.93. The molecule has 3 rings (SSSR count). The van der Waals surface area contributed by atoms with Crippen LogP contribution in [-0.2, 0) is 11.8 Å². The van der Waals surface area contributed by atoms with Crippen LogP contribution in [0.4, 0.5) is 5.82 Å². The highest BCUT2D eigenvalue weighted by Gasteiger charge is 2.08. The summed E-state index contributed by atoms with van der Waals surface area (Å²) in [6.45, 7) is 1.93. The lowest BCUT2D eigenvalue weighted by Crippen LogP contribution is -2.02. The van der Waals surface area contributed by atoms with E-state index in [1.165, 1.54) is 7.11 Å². The van der Waals surface area contributed by atoms with Crippen LogP contribution in [0, 0.1) is 18.8 Å². The number of aromatic nitrogens is 3. The van der Waals surface area contributed by atoms with Gasteiger partial charge in [0.25, 0.3) is 0 Å². The summed E-state index contributed by atoms with van der Waals surface area (Å²) < 4.78 is 6.48. The zero-order chi connectivity index (χ0) is 18.7. The summed E-state index contributed by atoms with van der Waals surface area (Å²) in [6, 6.07) is 7.14. The Kier molecular flexibility index (Phi) is 4.72. The number of ether oxygens (including phenoxy) is 1. The van der Waals surface area contributed by atoms with E-state index in [0.717, 1.165) is 22.3 Å². The molecule has 0 atom stereocenters. The number of methoxy groups -OCH3 is 1. The highest BCUT2D eigenvalue weighted by molar-refractivity contribution is 5.90. The van der Waals surface area contributed by atoms with Crippen molar-refractivity contribution in [1.82, 2.24) is 14.8 Å². The molecule has 0 fully saturated rings. The molecule has 6 heteroatoms. The third-order valence-electron chi connectivity index (χ3n) is 3.95. The van der Waals surface area contributed by atoms with Gasteiger partial charge in [-0.05, 0) is 30.7 Å². The van der Waals surface area contributed by atoms with E-state index in [2.05, 4.69) is 21.9 Å². The van der Waals surface area contributed by atoms with Crippen molar-refractivity contribution in [2.75, 3.05) is 12.8 Å². The summed E-state index contributed by atoms with van der Waals surface area (Å²) >= 11 is 0. The van der Waals surface area contributed by atoms with Gasteiger partial charge in [-0.15, -0.1) is 0 Å². The van der Waals surface area contributed by atoms with E-state index in [9.17, 15) is 4.79 Å². The van der Waals surface area contributed by atoms with Gasteiger partial charge in [-0.3, -0.25) is 4.68 Å². The van der Waals surface area contributed by atoms with Gasteiger partial charge in [-0.1, -0.05) is 17.9 Å². The minimum atomic E-state index is -0.396. The molecule has 0 amide bonds. The number of hydrogen-bond donors (Lipinski definition) is 1. The second-order valence-corrected chi connectivity index (χ2v) is 5.83. The number of pyridine rings is 1. The molecular weight excluding hydrogens is 328 g/mol. The number of nitrogens with two attached hydrogens (primary N) is 1. The fourth-order valence-corrected chi connectivity index (χ4v) is 2.44. The summed E-state index contributed by atoms with van der Waals surface area (Å²) in [4.78, 5) is 15.9. The van der Waals surface area contributed by atoms with E-state index in [1.54, 1.807) is 29.2 Å². The predicted molar refractivity (Wildman–Crippen MR) is 99.3 cm³/mol. The van der Waals surface area contributed by atoms with E-state index in [1.807, 2.05) is 32.3 Å². The van der Waals surface area contributed by atoms with Gasteiger partial charge in [0, 0.05) is 36.1 Å². The molecule has 3 aromatic rings. The quantitative estimate of drug-likeness (QED) is 0.569. The van der Waals surface area contributed by atoms with Crippen LogP contribution in [0.1, 0.15) is 27.0 Å². The van der Waals surface area contributed by atoms with Crippen molar-refractivity contribution in [2.24, 2.45) is 7.05 Å². The molecule has 0 unspecified atom stereocenters. The van der Waals surface area contributed by atoms with Crippen LogP contribution in [0.15, 0.2) is 42.9 Å². The number of anilines is 1. The smallest absolute Gasteiger partial charge is 0.337 e. The normalized spacial score (nSPS) is 10.1. The van der Waals surface area contributed by atoms with E-state index >= 15 is 0 Å². The Bertz CT molecular complexity index is 1040. The summed E-state index contributed by atoms with van der Waals surface area (Å²) in [7, 11) is 3.20. The van der Waals surface area contributed by atoms with Crippen LogP contribution < -0.4 is 5.73 Å². The largest absolute Gasteiger partial charge is 0.465 e. The fraction of sp³-hybridized carbons (Fsp3) is 0.150. The maximum atomic E-state index is 11.7. The van der Waals surface area contributed by atoms with Gasteiger partial charge in [0.1, 0.15) is 5.82 Å². The molecule has 0 bridgehead atoms. The maximum absolute atomic E-state index is 11.7. The predicted octanol–water partition coefficient (Wildman–Crippen LogP) is 2.56. The molecule has 26 heavy (non-hydrogen) atoms. The number of benzene rings is 1. The van der Waals surface area contributed by atoms with E-state index in [4.69, 9.17) is 10.5 Å². The maximum Gasteiger partial charge on any atom is 0.337 e. The number of esters is 1. The highest BCUT2D eigenvalue weighted by Crippen LogP contribution is 2.21. The van der Waals surface area contributed by atoms with Crippen LogP contribution in [-0.4, -0.2) is 27.8 Å². The van der Waals surface area contributed by atoms with Crippen molar-refractivity contribution in [2.45, 2.75) is 6.92 Å². The first kappa shape index (κ1) is 17.2. The molecule has 0 saturated carbocycles. The topological polar surface area (TPSA) is 83.0 Å². The SMILES string of the molecule is COC(=O)c1ccc(C)c(C#Cc2cc(-c3cnn(C)c3)cnc2N)c1. The molecule has 6 nitrogen and oxygen atoms in total. The van der Waals surface area contributed by atoms with Crippen molar-refractivity contribution in [3.05, 3.63) is 65.1 Å². The van der Waals surface area contributed by atoms with Gasteiger partial charge in [0.2, 0.25) is 0 Å². The number of hydrogen-bond acceptors (Lipinski definition) is 5. The van der Waals surface area contributed by atoms with E-state index in [-0.39, 0.29) is 0 Å². The van der Waals surface area contributed by atoms with Gasteiger partial charge in [0.05, 0.1) is 24.4 Å². The monoisotopic (exact) mass is 346 g/mol. The third-order valence-corrected chi connectivity index (χ3v) is 3.95. The summed E-state index contributed by atoms with van der Waals surface area (Å²) in [5.41, 5.74) is 10.6. The summed E-state index contributed by atoms with van der Waals surface area (Å²) in [5.74, 6) is 6.09. The second kappa shape index (κ2) is 7.11. The van der Waals surface area contributed by atoms with Gasteiger partial charge in [-0.25, -0.2) is 9.78 Å². The molecule has 2 heterocycles. The van der Waals surface area contributed by atoms with Crippen LogP contribution >= 0.6 is 0 Å². The minimum absolute atomic E-state index is 0.354. The zero-order valence-corrected chi connectivity index (χ0v) is 14.8. The van der Waals surface area contributed by atoms with Crippen molar-refractivity contribution in [3.8, 4) is 23.0 Å². The summed E-state index contributed by atoms with van der Waals surface area (Å²) in [6.07, 6.45) is 5.35. The number of carbonyl (C=O) groups is 1. The molecular formula is C20H18N4O2. The average Bonchev–Trinajstić information content (AvgIpc) is 3.08. The zero-order valence-electron chi connectivity index (χ0n) is 14.8. The van der Waals surface area contributed by atoms with Gasteiger partial charge >= 0.3 is 5.97 Å². The first-order chi connectivity index (χ1) is 12.5. The molecule has 2 aromatic heterocycles. The molecule has 130 valence electrons. The standard InChI is InChI=1S/C20H18N4O2/c1-13-4-5-16(20(25)26-3)8-14(13)6-7-15-9-17(10-22-19(15)21)18-11-23-24(2)12-18/h4-5,8-12H,1-3H3,(H2,21,22). The fourth-order valence-electron chi connectivity index (χ4n) is 2.44. The molecule has 2 N–H and O–H groups in total. The number of aryl methyl sites for hydroxylation is 2. The summed E-state index contributed by atoms with van der Waals surface area (Å²) in [5, 5.41) is 4.16.